The third-order valence-corrected chi connectivity index (χ3v) is 2.51. The van der Waals surface area contributed by atoms with Gasteiger partial charge in [-0.15, -0.1) is 0 Å². The summed E-state index contributed by atoms with van der Waals surface area (Å²) in [4.78, 5) is 23.8. The molecule has 0 aliphatic heterocycles. The summed E-state index contributed by atoms with van der Waals surface area (Å²) in [5.41, 5.74) is 2.81. The molecule has 6 nitrogen and oxygen atoms in total. The molecule has 1 amide bonds. The molecule has 0 aromatic carbocycles. The number of aromatic nitrogens is 1. The molecule has 0 unspecified atom stereocenters. The molecule has 86 valence electrons. The highest BCUT2D eigenvalue weighted by Crippen LogP contribution is 2.28. The van der Waals surface area contributed by atoms with Crippen molar-refractivity contribution in [3.8, 4) is 0 Å². The van der Waals surface area contributed by atoms with Crippen LogP contribution in [0.15, 0.2) is 6.07 Å². The number of amides is 1. The monoisotopic (exact) mass is 343 g/mol. The fourth-order valence-electron chi connectivity index (χ4n) is 0.969. The van der Waals surface area contributed by atoms with Crippen LogP contribution in [0.4, 0.5) is 14.5 Å². The summed E-state index contributed by atoms with van der Waals surface area (Å²) in [7, 11) is 0. The van der Waals surface area contributed by atoms with Crippen LogP contribution in [0.2, 0.25) is 0 Å². The van der Waals surface area contributed by atoms with Gasteiger partial charge < -0.3 is 5.73 Å². The standard InChI is InChI=1S/C7H4F2IN3O3/c8-5(9)2-1-3(13(15)16)4(7(11)14)12-6(2)10/h1,5H,(H2,11,14). The Morgan fingerprint density at radius 2 is 2.19 bits per heavy atom. The molecule has 1 heterocycles. The molecular weight excluding hydrogens is 339 g/mol. The van der Waals surface area contributed by atoms with Gasteiger partial charge in [-0.1, -0.05) is 0 Å². The second-order valence-electron chi connectivity index (χ2n) is 2.66. The number of rotatable bonds is 3. The average Bonchev–Trinajstić information content (AvgIpc) is 2.15. The normalized spacial score (nSPS) is 10.5. The zero-order valence-electron chi connectivity index (χ0n) is 7.49. The van der Waals surface area contributed by atoms with Gasteiger partial charge in [0.15, 0.2) is 0 Å². The van der Waals surface area contributed by atoms with Crippen molar-refractivity contribution >= 4 is 34.2 Å². The summed E-state index contributed by atoms with van der Waals surface area (Å²) in [6, 6.07) is 0.611. The molecule has 0 fully saturated rings. The van der Waals surface area contributed by atoms with Crippen molar-refractivity contribution in [2.24, 2.45) is 5.73 Å². The number of primary amides is 1. The third kappa shape index (κ3) is 2.40. The fourth-order valence-corrected chi connectivity index (χ4v) is 1.60. The first-order chi connectivity index (χ1) is 7.34. The highest BCUT2D eigenvalue weighted by atomic mass is 127. The van der Waals surface area contributed by atoms with Crippen molar-refractivity contribution in [3.05, 3.63) is 31.1 Å². The van der Waals surface area contributed by atoms with Crippen molar-refractivity contribution < 1.29 is 18.5 Å². The quantitative estimate of drug-likeness (QED) is 0.390. The van der Waals surface area contributed by atoms with E-state index in [0.29, 0.717) is 6.07 Å². The zero-order valence-corrected chi connectivity index (χ0v) is 9.64. The minimum absolute atomic E-state index is 0.188. The Bertz CT molecular complexity index is 466. The number of carbonyl (C=O) groups excluding carboxylic acids is 1. The van der Waals surface area contributed by atoms with Crippen molar-refractivity contribution in [1.82, 2.24) is 4.98 Å². The molecule has 1 aromatic rings. The zero-order chi connectivity index (χ0) is 12.5. The Morgan fingerprint density at radius 3 is 2.56 bits per heavy atom. The molecule has 0 saturated heterocycles. The van der Waals surface area contributed by atoms with E-state index in [0.717, 1.165) is 0 Å². The number of nitrogens with zero attached hydrogens (tertiary/aromatic N) is 2. The molecule has 0 aliphatic rings. The Morgan fingerprint density at radius 1 is 1.62 bits per heavy atom. The summed E-state index contributed by atoms with van der Waals surface area (Å²) in [5.74, 6) is -1.13. The lowest BCUT2D eigenvalue weighted by Crippen LogP contribution is -2.17. The second-order valence-corrected chi connectivity index (χ2v) is 3.68. The van der Waals surface area contributed by atoms with Crippen molar-refractivity contribution in [1.29, 1.82) is 0 Å². The molecule has 9 heteroatoms. The van der Waals surface area contributed by atoms with Gasteiger partial charge in [0.2, 0.25) is 5.69 Å². The average molecular weight is 343 g/mol. The van der Waals surface area contributed by atoms with Crippen LogP contribution in [-0.2, 0) is 0 Å². The lowest BCUT2D eigenvalue weighted by Gasteiger charge is -2.04. The second kappa shape index (κ2) is 4.63. The molecule has 0 spiro atoms. The summed E-state index contributed by atoms with van der Waals surface area (Å²) in [6.07, 6.45) is -2.90. The van der Waals surface area contributed by atoms with E-state index in [1.165, 1.54) is 22.6 Å². The molecule has 2 N–H and O–H groups in total. The maximum absolute atomic E-state index is 12.4. The van der Waals surface area contributed by atoms with Crippen LogP contribution in [0.1, 0.15) is 22.5 Å². The topological polar surface area (TPSA) is 99.1 Å². The van der Waals surface area contributed by atoms with E-state index in [1.807, 2.05) is 0 Å². The number of hydrogen-bond acceptors (Lipinski definition) is 4. The van der Waals surface area contributed by atoms with E-state index < -0.39 is 34.2 Å². The maximum atomic E-state index is 12.4. The van der Waals surface area contributed by atoms with Gasteiger partial charge in [0.1, 0.15) is 3.70 Å². The van der Waals surface area contributed by atoms with Crippen LogP contribution in [0.3, 0.4) is 0 Å². The number of nitro groups is 1. The number of carbonyl (C=O) groups is 1. The van der Waals surface area contributed by atoms with Crippen molar-refractivity contribution in [3.63, 3.8) is 0 Å². The van der Waals surface area contributed by atoms with E-state index in [2.05, 4.69) is 4.98 Å². The highest BCUT2D eigenvalue weighted by molar-refractivity contribution is 14.1. The lowest BCUT2D eigenvalue weighted by molar-refractivity contribution is -0.385. The number of nitrogens with two attached hydrogens (primary N) is 1. The molecule has 1 rings (SSSR count). The van der Waals surface area contributed by atoms with E-state index in [4.69, 9.17) is 5.73 Å². The smallest absolute Gasteiger partial charge is 0.301 e. The largest absolute Gasteiger partial charge is 0.364 e. The van der Waals surface area contributed by atoms with Gasteiger partial charge in [-0.3, -0.25) is 14.9 Å². The van der Waals surface area contributed by atoms with Crippen LogP contribution in [0.5, 0.6) is 0 Å². The Balaban J connectivity index is 3.49. The Hall–Kier alpha value is -1.39. The van der Waals surface area contributed by atoms with Gasteiger partial charge >= 0.3 is 5.69 Å². The first kappa shape index (κ1) is 12.7. The highest BCUT2D eigenvalue weighted by Gasteiger charge is 2.25. The summed E-state index contributed by atoms with van der Waals surface area (Å²) in [6.45, 7) is 0. The Kier molecular flexibility index (Phi) is 3.67. The van der Waals surface area contributed by atoms with Gasteiger partial charge in [-0.05, 0) is 22.6 Å². The molecule has 0 atom stereocenters. The fraction of sp³-hybridized carbons (Fsp3) is 0.143. The van der Waals surface area contributed by atoms with Crippen LogP contribution < -0.4 is 5.73 Å². The van der Waals surface area contributed by atoms with Gasteiger partial charge in [0.05, 0.1) is 10.5 Å². The molecule has 16 heavy (non-hydrogen) atoms. The minimum Gasteiger partial charge on any atom is -0.364 e. The van der Waals surface area contributed by atoms with Crippen molar-refractivity contribution in [2.75, 3.05) is 0 Å². The predicted molar refractivity (Wildman–Crippen MR) is 57.1 cm³/mol. The number of halogens is 3. The van der Waals surface area contributed by atoms with E-state index in [9.17, 15) is 23.7 Å². The number of hydrogen-bond donors (Lipinski definition) is 1. The first-order valence-corrected chi connectivity index (χ1v) is 4.85. The van der Waals surface area contributed by atoms with Crippen LogP contribution in [0.25, 0.3) is 0 Å². The molecular formula is C7H4F2IN3O3. The summed E-state index contributed by atoms with van der Waals surface area (Å²) in [5, 5.41) is 10.5. The van der Waals surface area contributed by atoms with Gasteiger partial charge in [0.25, 0.3) is 12.3 Å². The van der Waals surface area contributed by atoms with Crippen LogP contribution in [0, 0.1) is 13.8 Å². The molecule has 0 radical (unpaired) electrons. The van der Waals surface area contributed by atoms with Gasteiger partial charge in [0, 0.05) is 6.07 Å². The van der Waals surface area contributed by atoms with Gasteiger partial charge in [-0.25, -0.2) is 13.8 Å². The molecule has 0 bridgehead atoms. The third-order valence-electron chi connectivity index (χ3n) is 1.65. The molecule has 1 aromatic heterocycles. The SMILES string of the molecule is NC(=O)c1nc(I)c(C(F)F)cc1[N+](=O)[O-]. The predicted octanol–water partition coefficient (Wildman–Crippen LogP) is 1.63. The van der Waals surface area contributed by atoms with E-state index in [-0.39, 0.29) is 3.70 Å². The minimum atomic E-state index is -2.90. The van der Waals surface area contributed by atoms with Crippen molar-refractivity contribution in [2.45, 2.75) is 6.43 Å². The molecule has 0 aliphatic carbocycles. The first-order valence-electron chi connectivity index (χ1n) is 3.77. The van der Waals surface area contributed by atoms with Gasteiger partial charge in [-0.2, -0.15) is 0 Å². The van der Waals surface area contributed by atoms with E-state index >= 15 is 0 Å². The summed E-state index contributed by atoms with van der Waals surface area (Å²) >= 11 is 1.45. The lowest BCUT2D eigenvalue weighted by atomic mass is 10.2. The number of alkyl halides is 2. The van der Waals surface area contributed by atoms with Crippen LogP contribution >= 0.6 is 22.6 Å². The maximum Gasteiger partial charge on any atom is 0.301 e. The molecule has 0 saturated carbocycles. The van der Waals surface area contributed by atoms with Crippen LogP contribution in [-0.4, -0.2) is 15.8 Å². The number of pyridine rings is 1. The Labute approximate surface area is 101 Å². The van der Waals surface area contributed by atoms with E-state index in [1.54, 1.807) is 0 Å². The summed E-state index contributed by atoms with van der Waals surface area (Å²) < 4.78 is 24.7.